The van der Waals surface area contributed by atoms with Crippen LogP contribution < -0.4 is 10.3 Å². The smallest absolute Gasteiger partial charge is 0.294 e. The molecule has 0 aliphatic carbocycles. The summed E-state index contributed by atoms with van der Waals surface area (Å²) < 4.78 is 35.7. The molecule has 0 saturated carbocycles. The van der Waals surface area contributed by atoms with Gasteiger partial charge in [0.25, 0.3) is 15.7 Å². The largest absolute Gasteiger partial charge is 0.493 e. The molecular formula is C24H31N7O10S. The molecule has 1 aliphatic rings. The Hall–Kier alpha value is -4.32. The summed E-state index contributed by atoms with van der Waals surface area (Å²) in [6.45, 7) is 5.06. The minimum absolute atomic E-state index is 0.0126. The second-order valence-electron chi connectivity index (χ2n) is 9.65. The van der Waals surface area contributed by atoms with Gasteiger partial charge in [0.05, 0.1) is 22.8 Å². The second kappa shape index (κ2) is 12.7. The highest BCUT2D eigenvalue weighted by atomic mass is 32.2. The molecular weight excluding hydrogens is 578 g/mol. The maximum Gasteiger partial charge on any atom is 0.294 e. The van der Waals surface area contributed by atoms with Crippen molar-refractivity contribution in [2.24, 2.45) is 5.92 Å². The number of aryl methyl sites for hydroxylation is 2. The van der Waals surface area contributed by atoms with Crippen molar-refractivity contribution in [2.45, 2.75) is 57.5 Å². The summed E-state index contributed by atoms with van der Waals surface area (Å²) in [5, 5.41) is 23.9. The van der Waals surface area contributed by atoms with E-state index in [-0.39, 0.29) is 48.8 Å². The molecule has 1 saturated heterocycles. The fraction of sp³-hybridized carbons (Fsp3) is 0.542. The van der Waals surface area contributed by atoms with E-state index in [0.717, 1.165) is 6.42 Å². The number of benzene rings is 1. The van der Waals surface area contributed by atoms with Crippen LogP contribution in [0, 0.1) is 33.1 Å². The Labute approximate surface area is 239 Å². The van der Waals surface area contributed by atoms with Crippen molar-refractivity contribution in [3.8, 4) is 17.1 Å². The molecule has 18 heteroatoms. The standard InChI is InChI=1S/C24H31N7O10S/c1-4-6-21-25-15(3)22-24(32)26-23(27-29(21)22)18-13-17(7-8-19(18)39-5-2)42(37,38)28-11-9-16(10-12-28)20(41-31(35)36)14-40-30(33)34/h7-8,13,16,20H,4-6,9-12,14H2,1-3H3,(H,26,27,32). The van der Waals surface area contributed by atoms with Gasteiger partial charge in [-0.05, 0) is 57.2 Å². The van der Waals surface area contributed by atoms with E-state index in [2.05, 4.69) is 24.7 Å². The summed E-state index contributed by atoms with van der Waals surface area (Å²) in [5.41, 5.74) is 0.656. The van der Waals surface area contributed by atoms with Gasteiger partial charge in [-0.3, -0.25) is 4.79 Å². The first-order valence-corrected chi connectivity index (χ1v) is 14.7. The van der Waals surface area contributed by atoms with Gasteiger partial charge in [0, 0.05) is 19.5 Å². The number of imidazole rings is 1. The normalized spacial score (nSPS) is 15.4. The van der Waals surface area contributed by atoms with E-state index in [1.54, 1.807) is 13.8 Å². The van der Waals surface area contributed by atoms with E-state index >= 15 is 0 Å². The zero-order chi connectivity index (χ0) is 30.6. The van der Waals surface area contributed by atoms with Crippen molar-refractivity contribution in [3.63, 3.8) is 0 Å². The molecule has 3 heterocycles. The van der Waals surface area contributed by atoms with E-state index in [1.807, 2.05) is 6.92 Å². The molecule has 0 spiro atoms. The number of sulfonamides is 1. The number of ether oxygens (including phenoxy) is 1. The van der Waals surface area contributed by atoms with Crippen molar-refractivity contribution in [1.82, 2.24) is 23.9 Å². The number of H-pyrrole nitrogens is 1. The number of nitrogens with one attached hydrogen (secondary N) is 1. The van der Waals surface area contributed by atoms with Crippen LogP contribution in [0.5, 0.6) is 5.75 Å². The van der Waals surface area contributed by atoms with E-state index in [4.69, 9.17) is 4.74 Å². The summed E-state index contributed by atoms with van der Waals surface area (Å²) in [5.74, 6) is 0.476. The van der Waals surface area contributed by atoms with Crippen LogP contribution in [-0.4, -0.2) is 74.9 Å². The maximum atomic E-state index is 13.7. The lowest BCUT2D eigenvalue weighted by molar-refractivity contribution is -0.791. The summed E-state index contributed by atoms with van der Waals surface area (Å²) in [4.78, 5) is 50.5. The van der Waals surface area contributed by atoms with Gasteiger partial charge in [0.1, 0.15) is 24.3 Å². The summed E-state index contributed by atoms with van der Waals surface area (Å²) in [6.07, 6.45) is 0.426. The van der Waals surface area contributed by atoms with E-state index in [0.29, 0.717) is 29.2 Å². The van der Waals surface area contributed by atoms with Crippen LogP contribution in [0.4, 0.5) is 0 Å². The summed E-state index contributed by atoms with van der Waals surface area (Å²) >= 11 is 0. The molecule has 0 radical (unpaired) electrons. The summed E-state index contributed by atoms with van der Waals surface area (Å²) in [6, 6.07) is 4.26. The minimum atomic E-state index is -4.06. The molecule has 1 N–H and O–H groups in total. The van der Waals surface area contributed by atoms with Gasteiger partial charge in [-0.1, -0.05) is 6.92 Å². The predicted octanol–water partition coefficient (Wildman–Crippen LogP) is 1.93. The van der Waals surface area contributed by atoms with Crippen LogP contribution in [0.3, 0.4) is 0 Å². The number of hydrogen-bond acceptors (Lipinski definition) is 12. The quantitative estimate of drug-likeness (QED) is 0.217. The molecule has 17 nitrogen and oxygen atoms in total. The fourth-order valence-corrected chi connectivity index (χ4v) is 6.51. The Bertz CT molecular complexity index is 1630. The van der Waals surface area contributed by atoms with Gasteiger partial charge in [-0.25, -0.2) is 17.9 Å². The average Bonchev–Trinajstić information content (AvgIpc) is 3.26. The van der Waals surface area contributed by atoms with Gasteiger partial charge in [-0.15, -0.1) is 25.3 Å². The molecule has 1 aliphatic heterocycles. The number of nitrogens with zero attached hydrogens (tertiary/aromatic N) is 6. The molecule has 0 amide bonds. The number of hydrogen-bond donors (Lipinski definition) is 1. The Morgan fingerprint density at radius 3 is 2.50 bits per heavy atom. The maximum absolute atomic E-state index is 13.7. The third kappa shape index (κ3) is 6.43. The first-order valence-electron chi connectivity index (χ1n) is 13.3. The van der Waals surface area contributed by atoms with Crippen LogP contribution in [0.2, 0.25) is 0 Å². The van der Waals surface area contributed by atoms with Crippen LogP contribution >= 0.6 is 0 Å². The third-order valence-electron chi connectivity index (χ3n) is 6.95. The van der Waals surface area contributed by atoms with Gasteiger partial charge >= 0.3 is 0 Å². The fourth-order valence-electron chi connectivity index (χ4n) is 5.01. The van der Waals surface area contributed by atoms with Gasteiger partial charge in [-0.2, -0.15) is 4.31 Å². The molecule has 3 aromatic rings. The summed E-state index contributed by atoms with van der Waals surface area (Å²) in [7, 11) is -4.06. The molecule has 42 heavy (non-hydrogen) atoms. The molecule has 1 fully saturated rings. The van der Waals surface area contributed by atoms with E-state index in [1.165, 1.54) is 27.0 Å². The number of aromatic nitrogens is 4. The first kappa shape index (κ1) is 30.6. The van der Waals surface area contributed by atoms with Crippen molar-refractivity contribution >= 4 is 15.5 Å². The average molecular weight is 610 g/mol. The Balaban J connectivity index is 1.65. The molecule has 2 aromatic heterocycles. The minimum Gasteiger partial charge on any atom is -0.493 e. The zero-order valence-corrected chi connectivity index (χ0v) is 24.0. The van der Waals surface area contributed by atoms with E-state index in [9.17, 15) is 33.4 Å². The van der Waals surface area contributed by atoms with Crippen LogP contribution in [0.1, 0.15) is 44.6 Å². The Morgan fingerprint density at radius 2 is 1.88 bits per heavy atom. The highest BCUT2D eigenvalue weighted by molar-refractivity contribution is 7.89. The van der Waals surface area contributed by atoms with Crippen LogP contribution in [0.25, 0.3) is 16.9 Å². The first-order chi connectivity index (χ1) is 20.0. The van der Waals surface area contributed by atoms with Gasteiger partial charge in [0.2, 0.25) is 10.0 Å². The lowest BCUT2D eigenvalue weighted by Crippen LogP contribution is -2.43. The lowest BCUT2D eigenvalue weighted by atomic mass is 9.92. The molecule has 0 bridgehead atoms. The molecule has 228 valence electrons. The van der Waals surface area contributed by atoms with Crippen LogP contribution in [-0.2, 0) is 26.1 Å². The van der Waals surface area contributed by atoms with Crippen molar-refractivity contribution in [1.29, 1.82) is 0 Å². The number of rotatable bonds is 13. The highest BCUT2D eigenvalue weighted by Gasteiger charge is 2.35. The second-order valence-corrected chi connectivity index (χ2v) is 11.6. The van der Waals surface area contributed by atoms with Gasteiger partial charge in [0.15, 0.2) is 11.3 Å². The number of piperidine rings is 1. The monoisotopic (exact) mass is 609 g/mol. The topological polar surface area (TPSA) is 214 Å². The van der Waals surface area contributed by atoms with Gasteiger partial charge < -0.3 is 19.4 Å². The van der Waals surface area contributed by atoms with Crippen LogP contribution in [0.15, 0.2) is 27.9 Å². The van der Waals surface area contributed by atoms with Crippen molar-refractivity contribution < 1.29 is 33.0 Å². The van der Waals surface area contributed by atoms with Crippen molar-refractivity contribution in [3.05, 3.63) is 60.3 Å². The van der Waals surface area contributed by atoms with E-state index < -0.39 is 44.4 Å². The molecule has 1 atom stereocenters. The Kier molecular flexibility index (Phi) is 9.25. The number of aromatic amines is 1. The third-order valence-corrected chi connectivity index (χ3v) is 8.84. The number of fused-ring (bicyclic) bond motifs is 1. The molecule has 1 unspecified atom stereocenters. The molecule has 1 aromatic carbocycles. The molecule has 4 rings (SSSR count). The zero-order valence-electron chi connectivity index (χ0n) is 23.2. The highest BCUT2D eigenvalue weighted by Crippen LogP contribution is 2.33. The lowest BCUT2D eigenvalue weighted by Gasteiger charge is -2.34. The SMILES string of the molecule is CCCc1nc(C)c2c(=O)[nH]c(-c3cc(S(=O)(=O)N4CCC(C(CO[N+](=O)[O-])O[N+](=O)[O-])CC4)ccc3OCC)nn12. The van der Waals surface area contributed by atoms with Crippen molar-refractivity contribution in [2.75, 3.05) is 26.3 Å². The predicted molar refractivity (Wildman–Crippen MR) is 145 cm³/mol. The Morgan fingerprint density at radius 1 is 1.17 bits per heavy atom.